The van der Waals surface area contributed by atoms with Gasteiger partial charge in [0.2, 0.25) is 0 Å². The third-order valence-electron chi connectivity index (χ3n) is 3.71. The van der Waals surface area contributed by atoms with Crippen LogP contribution in [0.15, 0.2) is 12.1 Å². The Kier molecular flexibility index (Phi) is 5.17. The second-order valence-electron chi connectivity index (χ2n) is 5.08. The molecule has 0 radical (unpaired) electrons. The molecular weight excluding hydrogens is 285 g/mol. The monoisotopic (exact) mass is 304 g/mol. The van der Waals surface area contributed by atoms with E-state index in [1.807, 2.05) is 4.90 Å². The highest BCUT2D eigenvalue weighted by Gasteiger charge is 2.25. The summed E-state index contributed by atoms with van der Waals surface area (Å²) in [4.78, 5) is 1.85. The van der Waals surface area contributed by atoms with Crippen molar-refractivity contribution in [2.24, 2.45) is 0 Å². The lowest BCUT2D eigenvalue weighted by Gasteiger charge is -2.32. The molecule has 1 aromatic carbocycles. The zero-order valence-corrected chi connectivity index (χ0v) is 11.6. The van der Waals surface area contributed by atoms with Gasteiger partial charge >= 0.3 is 6.61 Å². The number of nitrogen functional groups attached to an aromatic ring is 1. The van der Waals surface area contributed by atoms with Gasteiger partial charge in [-0.05, 0) is 12.8 Å². The first-order valence-corrected chi connectivity index (χ1v) is 6.94. The van der Waals surface area contributed by atoms with Crippen molar-refractivity contribution in [2.75, 3.05) is 23.8 Å². The van der Waals surface area contributed by atoms with Crippen LogP contribution in [0.1, 0.15) is 25.7 Å². The largest absolute Gasteiger partial charge is 0.432 e. The number of aliphatic hydroxyl groups is 1. The second kappa shape index (κ2) is 6.89. The fourth-order valence-electron chi connectivity index (χ4n) is 2.82. The zero-order chi connectivity index (χ0) is 15.4. The minimum atomic E-state index is -3.10. The van der Waals surface area contributed by atoms with Gasteiger partial charge in [0.05, 0.1) is 18.0 Å². The van der Waals surface area contributed by atoms with E-state index in [2.05, 4.69) is 4.74 Å². The number of hydrogen-bond donors (Lipinski definition) is 2. The molecule has 0 atom stereocenters. The summed E-state index contributed by atoms with van der Waals surface area (Å²) in [7, 11) is 0. The second-order valence-corrected chi connectivity index (χ2v) is 5.08. The van der Waals surface area contributed by atoms with Gasteiger partial charge in [0, 0.05) is 24.7 Å². The van der Waals surface area contributed by atoms with Gasteiger partial charge in [-0.1, -0.05) is 12.8 Å². The highest BCUT2D eigenvalue weighted by Crippen LogP contribution is 2.36. The van der Waals surface area contributed by atoms with Gasteiger partial charge in [0.15, 0.2) is 11.6 Å². The average Bonchev–Trinajstić information content (AvgIpc) is 2.93. The molecule has 21 heavy (non-hydrogen) atoms. The average molecular weight is 304 g/mol. The fraction of sp³-hybridized carbons (Fsp3) is 0.571. The number of halogens is 3. The number of rotatable bonds is 6. The summed E-state index contributed by atoms with van der Waals surface area (Å²) in [6, 6.07) is 2.33. The van der Waals surface area contributed by atoms with E-state index in [0.717, 1.165) is 31.7 Å². The van der Waals surface area contributed by atoms with Crippen LogP contribution in [0.3, 0.4) is 0 Å². The van der Waals surface area contributed by atoms with Gasteiger partial charge in [0.1, 0.15) is 0 Å². The first-order chi connectivity index (χ1) is 10.0. The van der Waals surface area contributed by atoms with Gasteiger partial charge in [-0.2, -0.15) is 8.78 Å². The zero-order valence-electron chi connectivity index (χ0n) is 11.6. The summed E-state index contributed by atoms with van der Waals surface area (Å²) in [6.45, 7) is -2.89. The molecule has 1 fully saturated rings. The fourth-order valence-corrected chi connectivity index (χ4v) is 2.82. The number of alkyl halides is 2. The SMILES string of the molecule is Nc1cc(F)c(OC(F)F)cc1N(CCO)C1CCCC1. The standard InChI is InChI=1S/C14H19F3N2O2/c15-10-7-11(18)12(8-13(10)21-14(16)17)19(5-6-20)9-3-1-2-4-9/h7-9,14,20H,1-6,18H2. The number of ether oxygens (including phenoxy) is 1. The van der Waals surface area contributed by atoms with Crippen molar-refractivity contribution >= 4 is 11.4 Å². The third-order valence-corrected chi connectivity index (χ3v) is 3.71. The van der Waals surface area contributed by atoms with Crippen molar-refractivity contribution in [1.82, 2.24) is 0 Å². The van der Waals surface area contributed by atoms with Crippen LogP contribution < -0.4 is 15.4 Å². The van der Waals surface area contributed by atoms with Crippen molar-refractivity contribution in [3.8, 4) is 5.75 Å². The first kappa shape index (κ1) is 15.8. The molecule has 0 saturated heterocycles. The van der Waals surface area contributed by atoms with Crippen molar-refractivity contribution in [1.29, 1.82) is 0 Å². The van der Waals surface area contributed by atoms with Gasteiger partial charge in [-0.3, -0.25) is 0 Å². The molecule has 1 aliphatic rings. The predicted molar refractivity (Wildman–Crippen MR) is 74.1 cm³/mol. The van der Waals surface area contributed by atoms with Gasteiger partial charge in [-0.15, -0.1) is 0 Å². The molecule has 1 saturated carbocycles. The predicted octanol–water partition coefficient (Wildman–Crippen LogP) is 2.75. The smallest absolute Gasteiger partial charge is 0.387 e. The third kappa shape index (κ3) is 3.72. The number of hydrogen-bond acceptors (Lipinski definition) is 4. The number of aliphatic hydroxyl groups excluding tert-OH is 1. The topological polar surface area (TPSA) is 58.7 Å². The maximum Gasteiger partial charge on any atom is 0.387 e. The van der Waals surface area contributed by atoms with Crippen LogP contribution in [-0.2, 0) is 0 Å². The summed E-state index contributed by atoms with van der Waals surface area (Å²) < 4.78 is 42.4. The van der Waals surface area contributed by atoms with Gasteiger partial charge in [-0.25, -0.2) is 4.39 Å². The Bertz CT molecular complexity index is 480. The molecule has 2 rings (SSSR count). The van der Waals surface area contributed by atoms with E-state index >= 15 is 0 Å². The molecule has 1 aromatic rings. The molecule has 3 N–H and O–H groups in total. The molecule has 0 bridgehead atoms. The highest BCUT2D eigenvalue weighted by molar-refractivity contribution is 5.70. The van der Waals surface area contributed by atoms with Crippen molar-refractivity contribution in [3.63, 3.8) is 0 Å². The lowest BCUT2D eigenvalue weighted by atomic mass is 10.1. The molecule has 0 spiro atoms. The molecule has 0 amide bonds. The lowest BCUT2D eigenvalue weighted by molar-refractivity contribution is -0.0521. The highest BCUT2D eigenvalue weighted by atomic mass is 19.3. The van der Waals surface area contributed by atoms with Gasteiger partial charge in [0.25, 0.3) is 0 Å². The van der Waals surface area contributed by atoms with Crippen molar-refractivity contribution in [3.05, 3.63) is 17.9 Å². The Hall–Kier alpha value is -1.63. The summed E-state index contributed by atoms with van der Waals surface area (Å²) in [6.07, 6.45) is 3.99. The molecule has 4 nitrogen and oxygen atoms in total. The maximum absolute atomic E-state index is 13.6. The van der Waals surface area contributed by atoms with Crippen molar-refractivity contribution < 1.29 is 23.0 Å². The quantitative estimate of drug-likeness (QED) is 0.793. The Morgan fingerprint density at radius 3 is 2.57 bits per heavy atom. The number of anilines is 2. The Labute approximate surface area is 121 Å². The first-order valence-electron chi connectivity index (χ1n) is 6.94. The Morgan fingerprint density at radius 2 is 2.00 bits per heavy atom. The van der Waals surface area contributed by atoms with E-state index in [1.165, 1.54) is 6.07 Å². The lowest BCUT2D eigenvalue weighted by Crippen LogP contribution is -2.36. The molecule has 0 aliphatic heterocycles. The molecule has 0 heterocycles. The van der Waals surface area contributed by atoms with E-state index in [9.17, 15) is 18.3 Å². The van der Waals surface area contributed by atoms with Crippen LogP contribution in [0.4, 0.5) is 24.5 Å². The van der Waals surface area contributed by atoms with E-state index in [1.54, 1.807) is 0 Å². The van der Waals surface area contributed by atoms with Crippen LogP contribution in [0, 0.1) is 5.82 Å². The summed E-state index contributed by atoms with van der Waals surface area (Å²) >= 11 is 0. The normalized spacial score (nSPS) is 15.7. The van der Waals surface area contributed by atoms with E-state index in [4.69, 9.17) is 5.73 Å². The molecule has 0 unspecified atom stereocenters. The molecular formula is C14H19F3N2O2. The van der Waals surface area contributed by atoms with Crippen LogP contribution in [-0.4, -0.2) is 30.9 Å². The molecule has 1 aliphatic carbocycles. The number of benzene rings is 1. The van der Waals surface area contributed by atoms with Crippen LogP contribution in [0.5, 0.6) is 5.75 Å². The minimum absolute atomic E-state index is 0.0989. The number of nitrogens with zero attached hydrogens (tertiary/aromatic N) is 1. The van der Waals surface area contributed by atoms with E-state index < -0.39 is 18.2 Å². The molecule has 118 valence electrons. The Balaban J connectivity index is 2.33. The molecule has 0 aromatic heterocycles. The van der Waals surface area contributed by atoms with Gasteiger partial charge < -0.3 is 20.5 Å². The summed E-state index contributed by atoms with van der Waals surface area (Å²) in [5.74, 6) is -1.46. The number of nitrogens with two attached hydrogens (primary N) is 1. The van der Waals surface area contributed by atoms with Crippen LogP contribution >= 0.6 is 0 Å². The van der Waals surface area contributed by atoms with Crippen LogP contribution in [0.25, 0.3) is 0 Å². The van der Waals surface area contributed by atoms with E-state index in [0.29, 0.717) is 12.2 Å². The molecule has 7 heteroatoms. The van der Waals surface area contributed by atoms with E-state index in [-0.39, 0.29) is 18.3 Å². The maximum atomic E-state index is 13.6. The summed E-state index contributed by atoms with van der Waals surface area (Å²) in [5.41, 5.74) is 6.39. The Morgan fingerprint density at radius 1 is 1.33 bits per heavy atom. The van der Waals surface area contributed by atoms with Crippen LogP contribution in [0.2, 0.25) is 0 Å². The van der Waals surface area contributed by atoms with Crippen molar-refractivity contribution in [2.45, 2.75) is 38.3 Å². The summed E-state index contributed by atoms with van der Waals surface area (Å²) in [5, 5.41) is 9.21. The minimum Gasteiger partial charge on any atom is -0.432 e.